The summed E-state index contributed by atoms with van der Waals surface area (Å²) < 4.78 is 40.8. The molecule has 6 nitrogen and oxygen atoms in total. The van der Waals surface area contributed by atoms with Gasteiger partial charge in [0.05, 0.1) is 5.69 Å². The van der Waals surface area contributed by atoms with Gasteiger partial charge in [0.15, 0.2) is 0 Å². The number of pyridine rings is 1. The van der Waals surface area contributed by atoms with Crippen LogP contribution in [0.5, 0.6) is 5.75 Å². The van der Waals surface area contributed by atoms with Crippen molar-refractivity contribution < 1.29 is 27.5 Å². The minimum atomic E-state index is -4.82. The van der Waals surface area contributed by atoms with E-state index >= 15 is 0 Å². The molecule has 2 aromatic rings. The molecule has 1 aliphatic heterocycles. The Kier molecular flexibility index (Phi) is 5.49. The van der Waals surface area contributed by atoms with Gasteiger partial charge in [-0.15, -0.1) is 13.2 Å². The molecule has 0 saturated carbocycles. The van der Waals surface area contributed by atoms with Gasteiger partial charge in [-0.3, -0.25) is 9.78 Å². The van der Waals surface area contributed by atoms with Crippen LogP contribution in [0.25, 0.3) is 0 Å². The van der Waals surface area contributed by atoms with Crippen molar-refractivity contribution >= 4 is 17.6 Å². The van der Waals surface area contributed by atoms with Crippen molar-refractivity contribution in [2.24, 2.45) is 0 Å². The highest BCUT2D eigenvalue weighted by Gasteiger charge is 2.43. The molecule has 1 aromatic carbocycles. The van der Waals surface area contributed by atoms with Crippen LogP contribution in [-0.4, -0.2) is 34.2 Å². The van der Waals surface area contributed by atoms with Crippen LogP contribution in [-0.2, 0) is 16.8 Å². The summed E-state index contributed by atoms with van der Waals surface area (Å²) in [5.41, 5.74) is 1.71. The summed E-state index contributed by atoms with van der Waals surface area (Å²) in [5.74, 6) is -0.878. The summed E-state index contributed by atoms with van der Waals surface area (Å²) in [5, 5.41) is 0. The van der Waals surface area contributed by atoms with Gasteiger partial charge >= 0.3 is 12.4 Å². The first-order valence-electron chi connectivity index (χ1n) is 9.32. The number of carbonyl (C=O) groups is 2. The maximum atomic E-state index is 12.9. The average molecular weight is 421 g/mol. The third kappa shape index (κ3) is 4.55. The number of amides is 3. The van der Waals surface area contributed by atoms with Crippen molar-refractivity contribution in [2.75, 3.05) is 4.90 Å². The first kappa shape index (κ1) is 21.6. The van der Waals surface area contributed by atoms with Gasteiger partial charge in [0.25, 0.3) is 5.91 Å². The summed E-state index contributed by atoms with van der Waals surface area (Å²) >= 11 is 0. The number of anilines is 1. The normalized spacial score (nSPS) is 17.6. The molecule has 1 aromatic heterocycles. The molecule has 0 spiro atoms. The third-order valence-corrected chi connectivity index (χ3v) is 4.76. The van der Waals surface area contributed by atoms with Crippen molar-refractivity contribution in [3.8, 4) is 5.75 Å². The number of urea groups is 1. The number of aromatic nitrogens is 1. The Labute approximate surface area is 172 Å². The molecular weight excluding hydrogens is 399 g/mol. The number of benzene rings is 1. The van der Waals surface area contributed by atoms with Crippen LogP contribution in [0, 0.1) is 0 Å². The lowest BCUT2D eigenvalue weighted by atomic mass is 9.91. The number of rotatable bonds is 4. The SMILES string of the molecule is CC1C(=O)N(c2ccc(OC(F)(F)F)cc2)C(=O)N1Cc1ccnc(C(C)(C)C)c1. The zero-order valence-electron chi connectivity index (χ0n) is 17.0. The Morgan fingerprint density at radius 1 is 1.07 bits per heavy atom. The van der Waals surface area contributed by atoms with Gasteiger partial charge in [-0.2, -0.15) is 0 Å². The largest absolute Gasteiger partial charge is 0.573 e. The number of imide groups is 1. The van der Waals surface area contributed by atoms with E-state index in [0.717, 1.165) is 28.3 Å². The van der Waals surface area contributed by atoms with Crippen molar-refractivity contribution in [3.63, 3.8) is 0 Å². The molecule has 9 heteroatoms. The smallest absolute Gasteiger partial charge is 0.406 e. The van der Waals surface area contributed by atoms with Crippen LogP contribution in [0.3, 0.4) is 0 Å². The van der Waals surface area contributed by atoms with Crippen LogP contribution in [0.2, 0.25) is 0 Å². The standard InChI is InChI=1S/C21H22F3N3O3/c1-13-18(28)27(15-5-7-16(8-6-15)30-21(22,23)24)19(29)26(13)12-14-9-10-25-17(11-14)20(2,3)4/h5-11,13H,12H2,1-4H3. The monoisotopic (exact) mass is 421 g/mol. The van der Waals surface area contributed by atoms with E-state index in [0.29, 0.717) is 0 Å². The number of ether oxygens (including phenoxy) is 1. The van der Waals surface area contributed by atoms with Gasteiger partial charge in [0.1, 0.15) is 11.8 Å². The van der Waals surface area contributed by atoms with Gasteiger partial charge in [-0.25, -0.2) is 9.69 Å². The summed E-state index contributed by atoms with van der Waals surface area (Å²) in [6.45, 7) is 7.91. The van der Waals surface area contributed by atoms with Crippen LogP contribution in [0.15, 0.2) is 42.6 Å². The van der Waals surface area contributed by atoms with Gasteiger partial charge in [-0.1, -0.05) is 20.8 Å². The Morgan fingerprint density at radius 3 is 2.27 bits per heavy atom. The highest BCUT2D eigenvalue weighted by molar-refractivity contribution is 6.21. The fraction of sp³-hybridized carbons (Fsp3) is 0.381. The molecule has 1 saturated heterocycles. The Bertz CT molecular complexity index is 952. The average Bonchev–Trinajstić information content (AvgIpc) is 2.84. The Hall–Kier alpha value is -3.10. The van der Waals surface area contributed by atoms with Crippen molar-refractivity contribution in [2.45, 2.75) is 52.1 Å². The van der Waals surface area contributed by atoms with Gasteiger partial charge in [0.2, 0.25) is 0 Å². The van der Waals surface area contributed by atoms with E-state index in [2.05, 4.69) is 9.72 Å². The predicted octanol–water partition coefficient (Wildman–Crippen LogP) is 4.64. The number of hydrogen-bond donors (Lipinski definition) is 0. The molecule has 1 unspecified atom stereocenters. The van der Waals surface area contributed by atoms with Gasteiger partial charge < -0.3 is 9.64 Å². The molecule has 0 radical (unpaired) electrons. The maximum absolute atomic E-state index is 12.9. The number of carbonyl (C=O) groups excluding carboxylic acids is 2. The van der Waals surface area contributed by atoms with Crippen molar-refractivity contribution in [1.29, 1.82) is 0 Å². The fourth-order valence-corrected chi connectivity index (χ4v) is 3.13. The first-order chi connectivity index (χ1) is 13.9. The number of halogens is 3. The minimum absolute atomic E-state index is 0.168. The van der Waals surface area contributed by atoms with Crippen molar-refractivity contribution in [1.82, 2.24) is 9.88 Å². The van der Waals surface area contributed by atoms with E-state index in [1.807, 2.05) is 26.8 Å². The number of hydrogen-bond acceptors (Lipinski definition) is 4. The molecule has 1 atom stereocenters. The fourth-order valence-electron chi connectivity index (χ4n) is 3.13. The molecule has 30 heavy (non-hydrogen) atoms. The van der Waals surface area contributed by atoms with Crippen molar-refractivity contribution in [3.05, 3.63) is 53.9 Å². The maximum Gasteiger partial charge on any atom is 0.573 e. The molecule has 3 rings (SSSR count). The zero-order valence-corrected chi connectivity index (χ0v) is 17.0. The second-order valence-corrected chi connectivity index (χ2v) is 8.10. The second kappa shape index (κ2) is 7.62. The second-order valence-electron chi connectivity index (χ2n) is 8.10. The van der Waals surface area contributed by atoms with Crippen LogP contribution in [0.4, 0.5) is 23.7 Å². The van der Waals surface area contributed by atoms with E-state index in [1.54, 1.807) is 19.2 Å². The van der Waals surface area contributed by atoms with E-state index < -0.39 is 30.1 Å². The predicted molar refractivity (Wildman–Crippen MR) is 104 cm³/mol. The van der Waals surface area contributed by atoms with Gasteiger partial charge in [0, 0.05) is 23.9 Å². The van der Waals surface area contributed by atoms with Crippen LogP contribution >= 0.6 is 0 Å². The lowest BCUT2D eigenvalue weighted by Gasteiger charge is -2.22. The third-order valence-electron chi connectivity index (χ3n) is 4.76. The first-order valence-corrected chi connectivity index (χ1v) is 9.32. The summed E-state index contributed by atoms with van der Waals surface area (Å²) in [6, 6.07) is 7.06. The molecule has 2 heterocycles. The molecule has 160 valence electrons. The molecule has 0 aliphatic carbocycles. The highest BCUT2D eigenvalue weighted by Crippen LogP contribution is 2.30. The number of nitrogens with zero attached hydrogens (tertiary/aromatic N) is 3. The lowest BCUT2D eigenvalue weighted by molar-refractivity contribution is -0.274. The minimum Gasteiger partial charge on any atom is -0.406 e. The number of alkyl halides is 3. The van der Waals surface area contributed by atoms with Gasteiger partial charge in [-0.05, 0) is 48.9 Å². The molecule has 1 aliphatic rings. The van der Waals surface area contributed by atoms with E-state index in [-0.39, 0.29) is 17.6 Å². The van der Waals surface area contributed by atoms with Crippen LogP contribution < -0.4 is 9.64 Å². The molecule has 3 amide bonds. The molecule has 0 N–H and O–H groups in total. The topological polar surface area (TPSA) is 62.7 Å². The molecule has 1 fully saturated rings. The molecule has 0 bridgehead atoms. The van der Waals surface area contributed by atoms with E-state index in [9.17, 15) is 22.8 Å². The van der Waals surface area contributed by atoms with Crippen LogP contribution in [0.1, 0.15) is 39.0 Å². The Morgan fingerprint density at radius 2 is 1.70 bits per heavy atom. The summed E-state index contributed by atoms with van der Waals surface area (Å²) in [7, 11) is 0. The summed E-state index contributed by atoms with van der Waals surface area (Å²) in [4.78, 5) is 32.4. The van der Waals surface area contributed by atoms with E-state index in [1.165, 1.54) is 17.0 Å². The Balaban J connectivity index is 1.81. The highest BCUT2D eigenvalue weighted by atomic mass is 19.4. The molecular formula is C21H22F3N3O3. The quantitative estimate of drug-likeness (QED) is 0.675. The lowest BCUT2D eigenvalue weighted by Crippen LogP contribution is -2.33. The zero-order chi connectivity index (χ0) is 22.3. The van der Waals surface area contributed by atoms with E-state index in [4.69, 9.17) is 0 Å². The summed E-state index contributed by atoms with van der Waals surface area (Å²) in [6.07, 6.45) is -3.15.